The number of nitrogens with zero attached hydrogens (tertiary/aromatic N) is 2. The highest BCUT2D eigenvalue weighted by Gasteiger charge is 2.26. The molecule has 6 heteroatoms. The van der Waals surface area contributed by atoms with Gasteiger partial charge in [-0.2, -0.15) is 4.98 Å². The molecular weight excluding hydrogens is 420 g/mol. The molecule has 0 amide bonds. The van der Waals surface area contributed by atoms with Gasteiger partial charge in [0.1, 0.15) is 10.8 Å². The first-order valence-electron chi connectivity index (χ1n) is 10.3. The van der Waals surface area contributed by atoms with Crippen molar-refractivity contribution in [2.75, 3.05) is 14.2 Å². The summed E-state index contributed by atoms with van der Waals surface area (Å²) in [6.45, 7) is 0. The number of ether oxygens (including phenoxy) is 3. The van der Waals surface area contributed by atoms with Crippen LogP contribution in [0.3, 0.4) is 0 Å². The van der Waals surface area contributed by atoms with Crippen molar-refractivity contribution >= 4 is 11.8 Å². The molecule has 0 fully saturated rings. The topological polar surface area (TPSA) is 53.5 Å². The molecule has 5 nitrogen and oxygen atoms in total. The standard InChI is InChI=1S/C26H22N2O3S/c1-29-20-13-11-18(12-14-20)24-27-25-21(15-19-9-6-10-22(30-2)23(19)31-25)26(28-24)32-16-17-7-4-3-5-8-17/h3-14H,15-16H2,1-2H3. The van der Waals surface area contributed by atoms with Gasteiger partial charge in [0.05, 0.1) is 19.8 Å². The quantitative estimate of drug-likeness (QED) is 0.232. The Morgan fingerprint density at radius 1 is 0.875 bits per heavy atom. The van der Waals surface area contributed by atoms with Crippen molar-refractivity contribution in [2.45, 2.75) is 17.2 Å². The minimum Gasteiger partial charge on any atom is -0.497 e. The third kappa shape index (κ3) is 4.01. The van der Waals surface area contributed by atoms with Crippen LogP contribution in [0, 0.1) is 0 Å². The Balaban J connectivity index is 1.56. The zero-order chi connectivity index (χ0) is 21.9. The van der Waals surface area contributed by atoms with Crippen molar-refractivity contribution in [3.63, 3.8) is 0 Å². The van der Waals surface area contributed by atoms with Gasteiger partial charge in [-0.15, -0.1) is 11.8 Å². The highest BCUT2D eigenvalue weighted by atomic mass is 32.2. The van der Waals surface area contributed by atoms with Gasteiger partial charge >= 0.3 is 0 Å². The molecule has 1 aliphatic heterocycles. The summed E-state index contributed by atoms with van der Waals surface area (Å²) in [5, 5.41) is 0.929. The van der Waals surface area contributed by atoms with Crippen LogP contribution in [0.1, 0.15) is 16.7 Å². The molecule has 160 valence electrons. The van der Waals surface area contributed by atoms with Crippen molar-refractivity contribution in [1.82, 2.24) is 9.97 Å². The first-order valence-corrected chi connectivity index (χ1v) is 11.3. The van der Waals surface area contributed by atoms with Crippen LogP contribution in [0.25, 0.3) is 11.4 Å². The lowest BCUT2D eigenvalue weighted by atomic mass is 10.0. The normalized spacial score (nSPS) is 11.8. The Hall–Kier alpha value is -3.51. The number of fused-ring (bicyclic) bond motifs is 2. The average molecular weight is 443 g/mol. The van der Waals surface area contributed by atoms with Gasteiger partial charge in [0.15, 0.2) is 17.3 Å². The van der Waals surface area contributed by atoms with Crippen molar-refractivity contribution in [3.8, 4) is 34.5 Å². The summed E-state index contributed by atoms with van der Waals surface area (Å²) in [5.41, 5.74) is 4.22. The summed E-state index contributed by atoms with van der Waals surface area (Å²) in [4.78, 5) is 9.73. The molecule has 0 N–H and O–H groups in total. The average Bonchev–Trinajstić information content (AvgIpc) is 2.86. The molecule has 0 bridgehead atoms. The molecule has 0 atom stereocenters. The third-order valence-corrected chi connectivity index (χ3v) is 6.43. The van der Waals surface area contributed by atoms with Crippen LogP contribution in [0.5, 0.6) is 23.1 Å². The second-order valence-electron chi connectivity index (χ2n) is 7.37. The Kier molecular flexibility index (Phi) is 5.69. The maximum atomic E-state index is 6.29. The fourth-order valence-electron chi connectivity index (χ4n) is 3.66. The van der Waals surface area contributed by atoms with E-state index in [0.717, 1.165) is 39.0 Å². The predicted octanol–water partition coefficient (Wildman–Crippen LogP) is 6.15. The molecule has 0 spiro atoms. The second-order valence-corrected chi connectivity index (χ2v) is 8.33. The van der Waals surface area contributed by atoms with Gasteiger partial charge in [0.2, 0.25) is 5.88 Å². The van der Waals surface area contributed by atoms with Gasteiger partial charge in [-0.1, -0.05) is 42.5 Å². The van der Waals surface area contributed by atoms with E-state index in [9.17, 15) is 0 Å². The molecule has 0 radical (unpaired) electrons. The predicted molar refractivity (Wildman–Crippen MR) is 126 cm³/mol. The fourth-order valence-corrected chi connectivity index (χ4v) is 4.64. The van der Waals surface area contributed by atoms with E-state index in [0.29, 0.717) is 23.9 Å². The van der Waals surface area contributed by atoms with E-state index in [1.165, 1.54) is 5.56 Å². The van der Waals surface area contributed by atoms with Crippen LogP contribution in [0.15, 0.2) is 77.8 Å². The molecule has 1 aromatic heterocycles. The van der Waals surface area contributed by atoms with E-state index in [4.69, 9.17) is 24.2 Å². The van der Waals surface area contributed by atoms with E-state index < -0.39 is 0 Å². The largest absolute Gasteiger partial charge is 0.497 e. The summed E-state index contributed by atoms with van der Waals surface area (Å²) >= 11 is 1.70. The van der Waals surface area contributed by atoms with Gasteiger partial charge in [-0.05, 0) is 35.9 Å². The van der Waals surface area contributed by atoms with E-state index in [2.05, 4.69) is 30.3 Å². The van der Waals surface area contributed by atoms with Gasteiger partial charge < -0.3 is 14.2 Å². The summed E-state index contributed by atoms with van der Waals surface area (Å²) in [6.07, 6.45) is 0.696. The molecular formula is C26H22N2O3S. The van der Waals surface area contributed by atoms with Crippen LogP contribution >= 0.6 is 11.8 Å². The van der Waals surface area contributed by atoms with E-state index in [1.54, 1.807) is 26.0 Å². The monoisotopic (exact) mass is 442 g/mol. The number of benzene rings is 3. The Morgan fingerprint density at radius 2 is 1.69 bits per heavy atom. The van der Waals surface area contributed by atoms with Crippen molar-refractivity contribution in [1.29, 1.82) is 0 Å². The lowest BCUT2D eigenvalue weighted by Crippen LogP contribution is -2.10. The molecule has 0 unspecified atom stereocenters. The molecule has 0 aliphatic carbocycles. The molecule has 5 rings (SSSR count). The third-order valence-electron chi connectivity index (χ3n) is 5.34. The molecule has 3 aromatic carbocycles. The molecule has 1 aliphatic rings. The van der Waals surface area contributed by atoms with Crippen molar-refractivity contribution < 1.29 is 14.2 Å². The minimum absolute atomic E-state index is 0.582. The summed E-state index contributed by atoms with van der Waals surface area (Å²) < 4.78 is 17.1. The number of hydrogen-bond donors (Lipinski definition) is 0. The molecule has 4 aromatic rings. The SMILES string of the molecule is COc1ccc(-c2nc3c(c(SCc4ccccc4)n2)Cc2cccc(OC)c2O3)cc1. The summed E-state index contributed by atoms with van der Waals surface area (Å²) in [6, 6.07) is 24.1. The Bertz CT molecular complexity index is 1240. The lowest BCUT2D eigenvalue weighted by molar-refractivity contribution is 0.364. The number of thioether (sulfide) groups is 1. The summed E-state index contributed by atoms with van der Waals surface area (Å²) in [7, 11) is 3.31. The number of aromatic nitrogens is 2. The van der Waals surface area contributed by atoms with Gasteiger partial charge in [0.25, 0.3) is 0 Å². The van der Waals surface area contributed by atoms with Crippen LogP contribution in [0.4, 0.5) is 0 Å². The number of para-hydroxylation sites is 1. The molecule has 32 heavy (non-hydrogen) atoms. The van der Waals surface area contributed by atoms with E-state index in [-0.39, 0.29) is 0 Å². The van der Waals surface area contributed by atoms with Crippen LogP contribution in [-0.4, -0.2) is 24.2 Å². The zero-order valence-corrected chi connectivity index (χ0v) is 18.7. The highest BCUT2D eigenvalue weighted by molar-refractivity contribution is 7.98. The second kappa shape index (κ2) is 8.93. The van der Waals surface area contributed by atoms with Crippen LogP contribution in [-0.2, 0) is 12.2 Å². The number of methoxy groups -OCH3 is 2. The van der Waals surface area contributed by atoms with E-state index in [1.807, 2.05) is 42.5 Å². The summed E-state index contributed by atoms with van der Waals surface area (Å²) in [5.74, 6) is 4.24. The Labute approximate surface area is 191 Å². The fraction of sp³-hybridized carbons (Fsp3) is 0.154. The zero-order valence-electron chi connectivity index (χ0n) is 17.9. The smallest absolute Gasteiger partial charge is 0.227 e. The lowest BCUT2D eigenvalue weighted by Gasteiger charge is -2.23. The van der Waals surface area contributed by atoms with Crippen molar-refractivity contribution in [2.24, 2.45) is 0 Å². The maximum Gasteiger partial charge on any atom is 0.227 e. The first kappa shape index (κ1) is 20.4. The van der Waals surface area contributed by atoms with Gasteiger partial charge in [0, 0.05) is 23.3 Å². The highest BCUT2D eigenvalue weighted by Crippen LogP contribution is 2.44. The molecule has 0 saturated heterocycles. The van der Waals surface area contributed by atoms with Gasteiger partial charge in [-0.3, -0.25) is 0 Å². The molecule has 0 saturated carbocycles. The number of rotatable bonds is 6. The van der Waals surface area contributed by atoms with Crippen molar-refractivity contribution in [3.05, 3.63) is 89.5 Å². The maximum absolute atomic E-state index is 6.29. The Morgan fingerprint density at radius 3 is 2.44 bits per heavy atom. The minimum atomic E-state index is 0.582. The number of hydrogen-bond acceptors (Lipinski definition) is 6. The van der Waals surface area contributed by atoms with Crippen LogP contribution < -0.4 is 14.2 Å². The molecule has 2 heterocycles. The first-order chi connectivity index (χ1) is 15.7. The van der Waals surface area contributed by atoms with Gasteiger partial charge in [-0.25, -0.2) is 4.98 Å². The van der Waals surface area contributed by atoms with E-state index >= 15 is 0 Å². The van der Waals surface area contributed by atoms with Crippen LogP contribution in [0.2, 0.25) is 0 Å².